The summed E-state index contributed by atoms with van der Waals surface area (Å²) in [4.78, 5) is 46.5. The molecule has 4 N–H and O–H groups in total. The normalized spacial score (nSPS) is 10.9. The summed E-state index contributed by atoms with van der Waals surface area (Å²) in [7, 11) is 3.05. The predicted octanol–water partition coefficient (Wildman–Crippen LogP) is 3.23. The summed E-state index contributed by atoms with van der Waals surface area (Å²) in [6.07, 6.45) is 4.53. The molecular formula is C27H34N4O8. The lowest BCUT2D eigenvalue weighted by molar-refractivity contribution is -0.384. The molecule has 0 spiro atoms. The summed E-state index contributed by atoms with van der Waals surface area (Å²) >= 11 is 0. The average Bonchev–Trinajstić information content (AvgIpc) is 2.95. The zero-order valence-electron chi connectivity index (χ0n) is 22.0. The third-order valence-corrected chi connectivity index (χ3v) is 5.71. The van der Waals surface area contributed by atoms with Crippen molar-refractivity contribution in [3.05, 3.63) is 63.7 Å². The van der Waals surface area contributed by atoms with E-state index >= 15 is 0 Å². The fourth-order valence-corrected chi connectivity index (χ4v) is 3.63. The molecule has 2 aromatic rings. The molecule has 0 fully saturated rings. The fraction of sp³-hybridized carbons (Fsp3) is 0.370. The minimum Gasteiger partial charge on any atom is -0.497 e. The van der Waals surface area contributed by atoms with Gasteiger partial charge in [-0.1, -0.05) is 6.42 Å². The van der Waals surface area contributed by atoms with E-state index in [0.29, 0.717) is 73.4 Å². The third-order valence-electron chi connectivity index (χ3n) is 5.71. The standard InChI is InChI=1S/C27H34N4O8/c1-38-22-15-19(16-23(18-22)39-2)17-24(20-9-11-21(12-10-20)31(36)37)27(34)29-13-5-3-4-7-25(32)28-14-6-8-26(33)30-35/h9-12,15-18,35H,3-8,13-14H2,1-2H3,(H,28,32)(H,29,34)(H,30,33)/b24-17-. The summed E-state index contributed by atoms with van der Waals surface area (Å²) in [6.45, 7) is 0.724. The van der Waals surface area contributed by atoms with Gasteiger partial charge in [0.2, 0.25) is 11.8 Å². The maximum atomic E-state index is 13.1. The van der Waals surface area contributed by atoms with Gasteiger partial charge in [-0.15, -0.1) is 0 Å². The van der Waals surface area contributed by atoms with Gasteiger partial charge in [0.15, 0.2) is 0 Å². The van der Waals surface area contributed by atoms with Crippen LogP contribution < -0.4 is 25.6 Å². The molecule has 0 saturated heterocycles. The molecule has 0 heterocycles. The van der Waals surface area contributed by atoms with Crippen LogP contribution in [0.25, 0.3) is 11.6 Å². The minimum absolute atomic E-state index is 0.0822. The number of non-ortho nitro benzene ring substituents is 1. The summed E-state index contributed by atoms with van der Waals surface area (Å²) < 4.78 is 10.6. The smallest absolute Gasteiger partial charge is 0.269 e. The third kappa shape index (κ3) is 10.8. The van der Waals surface area contributed by atoms with Gasteiger partial charge >= 0.3 is 0 Å². The lowest BCUT2D eigenvalue weighted by Crippen LogP contribution is -2.26. The Morgan fingerprint density at radius 2 is 1.49 bits per heavy atom. The zero-order valence-corrected chi connectivity index (χ0v) is 22.0. The van der Waals surface area contributed by atoms with Crippen LogP contribution in [0.5, 0.6) is 11.5 Å². The van der Waals surface area contributed by atoms with Crippen molar-refractivity contribution in [3.8, 4) is 11.5 Å². The molecule has 0 aliphatic heterocycles. The van der Waals surface area contributed by atoms with Gasteiger partial charge in [0.25, 0.3) is 11.6 Å². The number of nitro benzene ring substituents is 1. The average molecular weight is 543 g/mol. The Kier molecular flexibility index (Phi) is 12.9. The van der Waals surface area contributed by atoms with Crippen molar-refractivity contribution in [2.75, 3.05) is 27.3 Å². The van der Waals surface area contributed by atoms with Crippen LogP contribution in [0, 0.1) is 10.1 Å². The molecular weight excluding hydrogens is 508 g/mol. The van der Waals surface area contributed by atoms with Crippen LogP contribution in [0.1, 0.15) is 49.7 Å². The molecule has 12 heteroatoms. The van der Waals surface area contributed by atoms with Crippen LogP contribution in [0.15, 0.2) is 42.5 Å². The van der Waals surface area contributed by atoms with E-state index in [1.807, 2.05) is 0 Å². The summed E-state index contributed by atoms with van der Waals surface area (Å²) in [5, 5.41) is 25.1. The topological polar surface area (TPSA) is 169 Å². The van der Waals surface area contributed by atoms with Crippen molar-refractivity contribution in [1.29, 1.82) is 0 Å². The van der Waals surface area contributed by atoms with Crippen LogP contribution in [0.4, 0.5) is 5.69 Å². The molecule has 39 heavy (non-hydrogen) atoms. The summed E-state index contributed by atoms with van der Waals surface area (Å²) in [6, 6.07) is 10.9. The number of amides is 3. The molecule has 0 unspecified atom stereocenters. The van der Waals surface area contributed by atoms with Gasteiger partial charge in [0.05, 0.1) is 19.1 Å². The van der Waals surface area contributed by atoms with Crippen LogP contribution in [-0.4, -0.2) is 55.2 Å². The van der Waals surface area contributed by atoms with Crippen molar-refractivity contribution in [2.24, 2.45) is 0 Å². The highest BCUT2D eigenvalue weighted by Gasteiger charge is 2.15. The highest BCUT2D eigenvalue weighted by atomic mass is 16.6. The molecule has 0 aliphatic rings. The fourth-order valence-electron chi connectivity index (χ4n) is 3.63. The number of unbranched alkanes of at least 4 members (excludes halogenated alkanes) is 2. The molecule has 210 valence electrons. The first-order valence-corrected chi connectivity index (χ1v) is 12.4. The van der Waals surface area contributed by atoms with Crippen LogP contribution in [-0.2, 0) is 14.4 Å². The first-order valence-electron chi connectivity index (χ1n) is 12.4. The molecule has 0 aromatic heterocycles. The number of hydrogen-bond donors (Lipinski definition) is 4. The molecule has 0 radical (unpaired) electrons. The van der Waals surface area contributed by atoms with E-state index in [2.05, 4.69) is 10.6 Å². The zero-order chi connectivity index (χ0) is 28.6. The Morgan fingerprint density at radius 3 is 2.08 bits per heavy atom. The number of hydrogen-bond acceptors (Lipinski definition) is 8. The largest absolute Gasteiger partial charge is 0.497 e. The van der Waals surface area contributed by atoms with E-state index in [9.17, 15) is 24.5 Å². The van der Waals surface area contributed by atoms with Crippen LogP contribution >= 0.6 is 0 Å². The Bertz CT molecular complexity index is 1140. The van der Waals surface area contributed by atoms with E-state index < -0.39 is 10.8 Å². The SMILES string of the molecule is COc1cc(/C=C(\C(=O)NCCCCCC(=O)NCCCC(=O)NO)c2ccc([N+](=O)[O-])cc2)cc(OC)c1. The van der Waals surface area contributed by atoms with Gasteiger partial charge in [-0.25, -0.2) is 5.48 Å². The van der Waals surface area contributed by atoms with Crippen LogP contribution in [0.3, 0.4) is 0 Å². The maximum absolute atomic E-state index is 13.1. The number of benzene rings is 2. The molecule has 0 saturated carbocycles. The van der Waals surface area contributed by atoms with E-state index in [1.54, 1.807) is 24.3 Å². The highest BCUT2D eigenvalue weighted by Crippen LogP contribution is 2.27. The molecule has 0 bridgehead atoms. The van der Waals surface area contributed by atoms with E-state index in [1.165, 1.54) is 44.0 Å². The predicted molar refractivity (Wildman–Crippen MR) is 144 cm³/mol. The number of methoxy groups -OCH3 is 2. The number of ether oxygens (including phenoxy) is 2. The monoisotopic (exact) mass is 542 g/mol. The number of nitro groups is 1. The van der Waals surface area contributed by atoms with Crippen LogP contribution in [0.2, 0.25) is 0 Å². The second kappa shape index (κ2) is 16.4. The minimum atomic E-state index is -0.504. The number of carbonyl (C=O) groups excluding carboxylic acids is 3. The number of rotatable bonds is 16. The van der Waals surface area contributed by atoms with E-state index in [0.717, 1.165) is 0 Å². The molecule has 2 rings (SSSR count). The second-order valence-corrected chi connectivity index (χ2v) is 8.56. The van der Waals surface area contributed by atoms with E-state index in [-0.39, 0.29) is 23.9 Å². The van der Waals surface area contributed by atoms with Gasteiger partial charge in [-0.3, -0.25) is 29.7 Å². The lowest BCUT2D eigenvalue weighted by Gasteiger charge is -2.11. The second-order valence-electron chi connectivity index (χ2n) is 8.56. The Hall–Kier alpha value is -4.45. The van der Waals surface area contributed by atoms with Crippen molar-refractivity contribution in [3.63, 3.8) is 0 Å². The van der Waals surface area contributed by atoms with Crippen molar-refractivity contribution in [1.82, 2.24) is 16.1 Å². The Morgan fingerprint density at radius 1 is 0.872 bits per heavy atom. The van der Waals surface area contributed by atoms with Crippen molar-refractivity contribution >= 4 is 35.1 Å². The molecule has 2 aromatic carbocycles. The number of hydroxylamine groups is 1. The molecule has 12 nitrogen and oxygen atoms in total. The number of nitrogens with zero attached hydrogens (tertiary/aromatic N) is 1. The summed E-state index contributed by atoms with van der Waals surface area (Å²) in [5.74, 6) is 0.115. The van der Waals surface area contributed by atoms with Gasteiger partial charge in [0, 0.05) is 49.7 Å². The van der Waals surface area contributed by atoms with Gasteiger partial charge < -0.3 is 20.1 Å². The summed E-state index contributed by atoms with van der Waals surface area (Å²) in [5.41, 5.74) is 2.93. The van der Waals surface area contributed by atoms with Gasteiger partial charge in [-0.2, -0.15) is 0 Å². The quantitative estimate of drug-likeness (QED) is 0.0626. The molecule has 0 atom stereocenters. The van der Waals surface area contributed by atoms with Crippen molar-refractivity contribution < 1.29 is 34.0 Å². The highest BCUT2D eigenvalue weighted by molar-refractivity contribution is 6.24. The van der Waals surface area contributed by atoms with Crippen molar-refractivity contribution in [2.45, 2.75) is 38.5 Å². The Balaban J connectivity index is 1.97. The Labute approximate surface area is 226 Å². The molecule has 0 aliphatic carbocycles. The van der Waals surface area contributed by atoms with Gasteiger partial charge in [0.1, 0.15) is 11.5 Å². The first-order chi connectivity index (χ1) is 18.8. The number of nitrogens with one attached hydrogen (secondary N) is 3. The number of carbonyl (C=O) groups is 3. The van der Waals surface area contributed by atoms with E-state index in [4.69, 9.17) is 14.7 Å². The maximum Gasteiger partial charge on any atom is 0.269 e. The van der Waals surface area contributed by atoms with Gasteiger partial charge in [-0.05, 0) is 60.7 Å². The first kappa shape index (κ1) is 30.8. The lowest BCUT2D eigenvalue weighted by atomic mass is 10.0. The molecule has 3 amide bonds.